The molecule has 25 heavy (non-hydrogen) atoms. The molecule has 3 nitrogen and oxygen atoms in total. The largest absolute Gasteiger partial charge is 0.390 e. The van der Waals surface area contributed by atoms with Gasteiger partial charge in [-0.1, -0.05) is 44.0 Å². The highest BCUT2D eigenvalue weighted by atomic mass is 79.9. The summed E-state index contributed by atoms with van der Waals surface area (Å²) in [6.45, 7) is 3.23. The van der Waals surface area contributed by atoms with Gasteiger partial charge in [0.25, 0.3) is 0 Å². The van der Waals surface area contributed by atoms with Crippen LogP contribution in [0, 0.1) is 0 Å². The molecule has 0 saturated heterocycles. The zero-order valence-electron chi connectivity index (χ0n) is 13.8. The normalized spacial score (nSPS) is 16.1. The van der Waals surface area contributed by atoms with E-state index in [1.165, 1.54) is 16.5 Å². The number of aliphatic hydroxyl groups is 1. The van der Waals surface area contributed by atoms with Gasteiger partial charge >= 0.3 is 0 Å². The quantitative estimate of drug-likeness (QED) is 0.613. The number of β-amino-alcohol motifs (C(OH)–C–C–N with tert-alkyl or cyclic N) is 1. The topological polar surface area (TPSA) is 28.4 Å². The zero-order valence-corrected chi connectivity index (χ0v) is 17.0. The molecule has 0 amide bonds. The third kappa shape index (κ3) is 3.85. The van der Waals surface area contributed by atoms with E-state index in [1.54, 1.807) is 0 Å². The minimum absolute atomic E-state index is 0.383. The Bertz CT molecular complexity index is 906. The number of nitrogens with zero attached hydrogens (tertiary/aromatic N) is 2. The van der Waals surface area contributed by atoms with Crippen molar-refractivity contribution < 1.29 is 5.11 Å². The summed E-state index contributed by atoms with van der Waals surface area (Å²) in [5, 5.41) is 11.8. The first-order chi connectivity index (χ1) is 12.1. The lowest BCUT2D eigenvalue weighted by atomic mass is 10.00. The highest BCUT2D eigenvalue weighted by Gasteiger charge is 2.19. The van der Waals surface area contributed by atoms with Crippen LogP contribution in [-0.2, 0) is 19.5 Å². The van der Waals surface area contributed by atoms with Gasteiger partial charge in [0.15, 0.2) is 0 Å². The molecule has 5 heteroatoms. The van der Waals surface area contributed by atoms with Crippen molar-refractivity contribution >= 4 is 42.8 Å². The molecule has 1 aliphatic rings. The first kappa shape index (κ1) is 17.3. The summed E-state index contributed by atoms with van der Waals surface area (Å²) in [7, 11) is 0. The van der Waals surface area contributed by atoms with Gasteiger partial charge in [-0.3, -0.25) is 4.90 Å². The van der Waals surface area contributed by atoms with E-state index < -0.39 is 0 Å². The molecule has 0 unspecified atom stereocenters. The predicted molar refractivity (Wildman–Crippen MR) is 109 cm³/mol. The minimum Gasteiger partial charge on any atom is -0.390 e. The maximum atomic E-state index is 10.6. The number of halogens is 2. The van der Waals surface area contributed by atoms with E-state index in [2.05, 4.69) is 83.9 Å². The molecule has 0 aliphatic carbocycles. The second kappa shape index (κ2) is 7.23. The molecular formula is C20H20Br2N2O. The second-order valence-corrected chi connectivity index (χ2v) is 8.55. The van der Waals surface area contributed by atoms with Crippen LogP contribution in [-0.4, -0.2) is 33.8 Å². The van der Waals surface area contributed by atoms with Gasteiger partial charge in [0, 0.05) is 46.8 Å². The summed E-state index contributed by atoms with van der Waals surface area (Å²) in [6, 6.07) is 14.9. The second-order valence-electron chi connectivity index (χ2n) is 6.72. The zero-order chi connectivity index (χ0) is 17.4. The molecule has 0 saturated carbocycles. The summed E-state index contributed by atoms with van der Waals surface area (Å²) in [5.41, 5.74) is 3.95. The van der Waals surface area contributed by atoms with Gasteiger partial charge in [-0.05, 0) is 53.3 Å². The molecule has 1 aliphatic heterocycles. The molecule has 1 N–H and O–H groups in total. The average molecular weight is 464 g/mol. The Morgan fingerprint density at radius 3 is 2.64 bits per heavy atom. The molecular weight excluding hydrogens is 444 g/mol. The number of aliphatic hydroxyl groups excluding tert-OH is 1. The smallest absolute Gasteiger partial charge is 0.0845 e. The Kier molecular flexibility index (Phi) is 5.00. The Morgan fingerprint density at radius 1 is 0.960 bits per heavy atom. The van der Waals surface area contributed by atoms with Crippen LogP contribution in [0.5, 0.6) is 0 Å². The van der Waals surface area contributed by atoms with E-state index in [-0.39, 0.29) is 6.10 Å². The molecule has 0 spiro atoms. The molecule has 0 bridgehead atoms. The summed E-state index contributed by atoms with van der Waals surface area (Å²) in [5.74, 6) is 0. The van der Waals surface area contributed by atoms with Crippen LogP contribution >= 0.6 is 31.9 Å². The standard InChI is InChI=1S/C20H20Br2N2O/c21-17-4-2-16-11-23(7-5-15(16)9-17)12-19(25)13-24-8-6-14-1-3-18(22)10-20(14)24/h1-4,6,8-10,19,25H,5,7,11-13H2/t19-/m1/s1. The van der Waals surface area contributed by atoms with Crippen LogP contribution < -0.4 is 0 Å². The molecule has 4 rings (SSSR count). The minimum atomic E-state index is -0.383. The highest BCUT2D eigenvalue weighted by molar-refractivity contribution is 9.10. The lowest BCUT2D eigenvalue weighted by Gasteiger charge is -2.30. The molecule has 2 heterocycles. The fourth-order valence-electron chi connectivity index (χ4n) is 3.63. The van der Waals surface area contributed by atoms with Gasteiger partial charge in [0.2, 0.25) is 0 Å². The van der Waals surface area contributed by atoms with Crippen molar-refractivity contribution in [3.63, 3.8) is 0 Å². The monoisotopic (exact) mass is 462 g/mol. The molecule has 2 aromatic carbocycles. The first-order valence-corrected chi connectivity index (χ1v) is 10.1. The van der Waals surface area contributed by atoms with Crippen LogP contribution in [0.3, 0.4) is 0 Å². The van der Waals surface area contributed by atoms with Crippen LogP contribution in [0.4, 0.5) is 0 Å². The molecule has 0 fully saturated rings. The number of hydrogen-bond donors (Lipinski definition) is 1. The number of rotatable bonds is 4. The van der Waals surface area contributed by atoms with Crippen LogP contribution in [0.2, 0.25) is 0 Å². The maximum absolute atomic E-state index is 10.6. The van der Waals surface area contributed by atoms with Gasteiger partial charge in [0.05, 0.1) is 6.10 Å². The fraction of sp³-hybridized carbons (Fsp3) is 0.300. The predicted octanol–water partition coefficient (Wildman–Crippen LogP) is 4.59. The third-order valence-corrected chi connectivity index (χ3v) is 5.86. The van der Waals surface area contributed by atoms with Crippen LogP contribution in [0.1, 0.15) is 11.1 Å². The van der Waals surface area contributed by atoms with E-state index in [1.807, 2.05) is 6.07 Å². The summed E-state index contributed by atoms with van der Waals surface area (Å²) < 4.78 is 4.35. The number of fused-ring (bicyclic) bond motifs is 2. The van der Waals surface area contributed by atoms with Gasteiger partial charge in [-0.25, -0.2) is 0 Å². The average Bonchev–Trinajstić information content (AvgIpc) is 2.97. The summed E-state index contributed by atoms with van der Waals surface area (Å²) in [6.07, 6.45) is 2.72. The third-order valence-electron chi connectivity index (χ3n) is 4.87. The van der Waals surface area contributed by atoms with E-state index in [0.29, 0.717) is 13.1 Å². The molecule has 3 aromatic rings. The Balaban J connectivity index is 1.43. The van der Waals surface area contributed by atoms with E-state index in [0.717, 1.165) is 34.0 Å². The van der Waals surface area contributed by atoms with Gasteiger partial charge in [0.1, 0.15) is 0 Å². The lowest BCUT2D eigenvalue weighted by Crippen LogP contribution is -2.38. The van der Waals surface area contributed by atoms with Crippen molar-refractivity contribution in [2.45, 2.75) is 25.6 Å². The van der Waals surface area contributed by atoms with E-state index in [4.69, 9.17) is 0 Å². The Labute approximate surface area is 164 Å². The van der Waals surface area contributed by atoms with Crippen molar-refractivity contribution in [1.82, 2.24) is 9.47 Å². The Morgan fingerprint density at radius 2 is 1.76 bits per heavy atom. The van der Waals surface area contributed by atoms with Crippen LogP contribution in [0.15, 0.2) is 57.6 Å². The Hall–Kier alpha value is -1.14. The van der Waals surface area contributed by atoms with Crippen molar-refractivity contribution in [2.24, 2.45) is 0 Å². The lowest BCUT2D eigenvalue weighted by molar-refractivity contribution is 0.0927. The molecule has 1 atom stereocenters. The summed E-state index contributed by atoms with van der Waals surface area (Å²) >= 11 is 7.07. The first-order valence-electron chi connectivity index (χ1n) is 8.50. The fourth-order valence-corrected chi connectivity index (χ4v) is 4.39. The maximum Gasteiger partial charge on any atom is 0.0845 e. The number of hydrogen-bond acceptors (Lipinski definition) is 2. The summed E-state index contributed by atoms with van der Waals surface area (Å²) in [4.78, 5) is 2.35. The number of aromatic nitrogens is 1. The van der Waals surface area contributed by atoms with Crippen molar-refractivity contribution in [3.8, 4) is 0 Å². The van der Waals surface area contributed by atoms with Crippen molar-refractivity contribution in [3.05, 3.63) is 68.7 Å². The SMILES string of the molecule is O[C@H](CN1CCc2cc(Br)ccc2C1)Cn1ccc2ccc(Br)cc21. The van der Waals surface area contributed by atoms with Crippen molar-refractivity contribution in [2.75, 3.05) is 13.1 Å². The molecule has 0 radical (unpaired) electrons. The molecule has 130 valence electrons. The highest BCUT2D eigenvalue weighted by Crippen LogP contribution is 2.24. The van der Waals surface area contributed by atoms with Gasteiger partial charge in [-0.15, -0.1) is 0 Å². The van der Waals surface area contributed by atoms with Crippen molar-refractivity contribution in [1.29, 1.82) is 0 Å². The number of benzene rings is 2. The van der Waals surface area contributed by atoms with E-state index >= 15 is 0 Å². The molecule has 1 aromatic heterocycles. The van der Waals surface area contributed by atoms with Gasteiger partial charge in [-0.2, -0.15) is 0 Å². The van der Waals surface area contributed by atoms with E-state index in [9.17, 15) is 5.11 Å². The van der Waals surface area contributed by atoms with Crippen LogP contribution in [0.25, 0.3) is 10.9 Å². The van der Waals surface area contributed by atoms with Gasteiger partial charge < -0.3 is 9.67 Å².